The number of hydrogen-bond donors (Lipinski definition) is 2. The van der Waals surface area contributed by atoms with Gasteiger partial charge in [0.25, 0.3) is 0 Å². The molecule has 82 valence electrons. The van der Waals surface area contributed by atoms with E-state index >= 15 is 0 Å². The highest BCUT2D eigenvalue weighted by molar-refractivity contribution is 9.10. The van der Waals surface area contributed by atoms with Crippen LogP contribution < -0.4 is 10.6 Å². The largest absolute Gasteiger partial charge is 0.367 e. The summed E-state index contributed by atoms with van der Waals surface area (Å²) in [6.07, 6.45) is 1.75. The zero-order valence-corrected chi connectivity index (χ0v) is 10.4. The molecule has 1 rings (SSSR count). The Kier molecular flexibility index (Phi) is 4.55. The molecule has 0 spiro atoms. The predicted molar refractivity (Wildman–Crippen MR) is 63.8 cm³/mol. The zero-order chi connectivity index (χ0) is 11.3. The number of hydrogen-bond acceptors (Lipinski definition) is 3. The normalized spacial score (nSPS) is 9.80. The van der Waals surface area contributed by atoms with Gasteiger partial charge in [0, 0.05) is 26.2 Å². The minimum atomic E-state index is -0.0203. The maximum atomic E-state index is 10.6. The van der Waals surface area contributed by atoms with Crippen LogP contribution in [0.4, 0.5) is 5.82 Å². The summed E-state index contributed by atoms with van der Waals surface area (Å²) in [7, 11) is 0. The highest BCUT2D eigenvalue weighted by atomic mass is 79.9. The summed E-state index contributed by atoms with van der Waals surface area (Å²) in [5.41, 5.74) is 1.13. The topological polar surface area (TPSA) is 54.0 Å². The lowest BCUT2D eigenvalue weighted by Crippen LogP contribution is -2.26. The third-order valence-electron chi connectivity index (χ3n) is 1.87. The number of aromatic nitrogens is 1. The number of pyridine rings is 1. The number of rotatable bonds is 4. The molecule has 0 aromatic carbocycles. The first kappa shape index (κ1) is 12.0. The molecule has 0 atom stereocenters. The van der Waals surface area contributed by atoms with Gasteiger partial charge in [-0.05, 0) is 34.5 Å². The minimum Gasteiger partial charge on any atom is -0.367 e. The van der Waals surface area contributed by atoms with E-state index < -0.39 is 0 Å². The van der Waals surface area contributed by atoms with Gasteiger partial charge in [0.1, 0.15) is 5.82 Å². The minimum absolute atomic E-state index is 0.0203. The average molecular weight is 272 g/mol. The van der Waals surface area contributed by atoms with Crippen LogP contribution in [0.3, 0.4) is 0 Å². The summed E-state index contributed by atoms with van der Waals surface area (Å²) in [4.78, 5) is 14.8. The fraction of sp³-hybridized carbons (Fsp3) is 0.400. The molecule has 4 nitrogen and oxygen atoms in total. The van der Waals surface area contributed by atoms with E-state index in [0.29, 0.717) is 13.1 Å². The lowest BCUT2D eigenvalue weighted by molar-refractivity contribution is -0.118. The molecular formula is C10H14BrN3O. The Morgan fingerprint density at radius 2 is 2.27 bits per heavy atom. The average Bonchev–Trinajstić information content (AvgIpc) is 2.18. The summed E-state index contributed by atoms with van der Waals surface area (Å²) in [5.74, 6) is 0.786. The van der Waals surface area contributed by atoms with Gasteiger partial charge in [-0.2, -0.15) is 0 Å². The predicted octanol–water partition coefficient (Wildman–Crippen LogP) is 1.70. The van der Waals surface area contributed by atoms with E-state index in [4.69, 9.17) is 0 Å². The van der Waals surface area contributed by atoms with Crippen LogP contribution in [0, 0.1) is 6.92 Å². The second-order valence-electron chi connectivity index (χ2n) is 3.20. The van der Waals surface area contributed by atoms with Gasteiger partial charge in [-0.1, -0.05) is 0 Å². The van der Waals surface area contributed by atoms with E-state index in [0.717, 1.165) is 15.9 Å². The highest BCUT2D eigenvalue weighted by Crippen LogP contribution is 2.22. The Balaban J connectivity index is 2.44. The Labute approximate surface area is 97.6 Å². The first-order chi connectivity index (χ1) is 7.11. The van der Waals surface area contributed by atoms with Gasteiger partial charge in [-0.15, -0.1) is 0 Å². The van der Waals surface area contributed by atoms with Crippen molar-refractivity contribution in [1.29, 1.82) is 0 Å². The molecule has 0 fully saturated rings. The van der Waals surface area contributed by atoms with E-state index in [1.165, 1.54) is 6.92 Å². The quantitative estimate of drug-likeness (QED) is 0.820. The zero-order valence-electron chi connectivity index (χ0n) is 8.80. The molecule has 0 aliphatic rings. The van der Waals surface area contributed by atoms with E-state index in [1.807, 2.05) is 13.0 Å². The van der Waals surface area contributed by atoms with Gasteiger partial charge in [0.15, 0.2) is 0 Å². The molecule has 0 aliphatic heterocycles. The number of carbonyl (C=O) groups is 1. The molecule has 0 saturated carbocycles. The van der Waals surface area contributed by atoms with Gasteiger partial charge >= 0.3 is 0 Å². The number of nitrogens with one attached hydrogen (secondary N) is 2. The van der Waals surface area contributed by atoms with Crippen molar-refractivity contribution in [2.75, 3.05) is 18.4 Å². The van der Waals surface area contributed by atoms with E-state index in [-0.39, 0.29) is 5.91 Å². The van der Waals surface area contributed by atoms with Crippen LogP contribution in [-0.2, 0) is 4.79 Å². The number of carbonyl (C=O) groups excluding carboxylic acids is 1. The fourth-order valence-electron chi connectivity index (χ4n) is 1.08. The molecule has 1 aromatic rings. The van der Waals surface area contributed by atoms with E-state index in [9.17, 15) is 4.79 Å². The summed E-state index contributed by atoms with van der Waals surface area (Å²) in [5, 5.41) is 5.84. The Morgan fingerprint density at radius 3 is 2.93 bits per heavy atom. The standard InChI is InChI=1S/C10H14BrN3O/c1-7-3-4-13-10(9(7)11)14-6-5-12-8(2)15/h3-4H,5-6H2,1-2H3,(H,12,15)(H,13,14). The molecule has 2 N–H and O–H groups in total. The van der Waals surface area contributed by atoms with Crippen LogP contribution in [-0.4, -0.2) is 24.0 Å². The molecule has 1 aromatic heterocycles. The van der Waals surface area contributed by atoms with Crippen LogP contribution >= 0.6 is 15.9 Å². The monoisotopic (exact) mass is 271 g/mol. The Bertz CT molecular complexity index is 355. The van der Waals surface area contributed by atoms with E-state index in [1.54, 1.807) is 6.20 Å². The maximum Gasteiger partial charge on any atom is 0.216 e. The van der Waals surface area contributed by atoms with Crippen LogP contribution in [0.5, 0.6) is 0 Å². The van der Waals surface area contributed by atoms with Crippen molar-refractivity contribution in [3.8, 4) is 0 Å². The third-order valence-corrected chi connectivity index (χ3v) is 2.87. The van der Waals surface area contributed by atoms with Crippen molar-refractivity contribution < 1.29 is 4.79 Å². The second kappa shape index (κ2) is 5.70. The van der Waals surface area contributed by atoms with Crippen molar-refractivity contribution in [2.45, 2.75) is 13.8 Å². The smallest absolute Gasteiger partial charge is 0.216 e. The summed E-state index contributed by atoms with van der Waals surface area (Å²) in [6.45, 7) is 4.76. The summed E-state index contributed by atoms with van der Waals surface area (Å²) in [6, 6.07) is 1.93. The number of halogens is 1. The van der Waals surface area contributed by atoms with Crippen LogP contribution in [0.2, 0.25) is 0 Å². The number of anilines is 1. The third kappa shape index (κ3) is 3.87. The molecule has 1 heterocycles. The molecular weight excluding hydrogens is 258 g/mol. The molecule has 0 saturated heterocycles. The fourth-order valence-corrected chi connectivity index (χ4v) is 1.46. The van der Waals surface area contributed by atoms with Crippen molar-refractivity contribution in [3.05, 3.63) is 22.3 Å². The van der Waals surface area contributed by atoms with Gasteiger partial charge < -0.3 is 10.6 Å². The van der Waals surface area contributed by atoms with Crippen LogP contribution in [0.1, 0.15) is 12.5 Å². The molecule has 0 aliphatic carbocycles. The lowest BCUT2D eigenvalue weighted by atomic mass is 10.3. The van der Waals surface area contributed by atoms with Gasteiger partial charge in [0.05, 0.1) is 4.47 Å². The Morgan fingerprint density at radius 1 is 1.53 bits per heavy atom. The summed E-state index contributed by atoms with van der Waals surface area (Å²) >= 11 is 3.45. The Hall–Kier alpha value is -1.10. The van der Waals surface area contributed by atoms with Gasteiger partial charge in [-0.25, -0.2) is 4.98 Å². The molecule has 15 heavy (non-hydrogen) atoms. The second-order valence-corrected chi connectivity index (χ2v) is 3.99. The number of aryl methyl sites for hydroxylation is 1. The first-order valence-electron chi connectivity index (χ1n) is 4.70. The van der Waals surface area contributed by atoms with Crippen molar-refractivity contribution >= 4 is 27.7 Å². The molecule has 1 amide bonds. The molecule has 0 unspecified atom stereocenters. The SMILES string of the molecule is CC(=O)NCCNc1nccc(C)c1Br. The number of nitrogens with zero attached hydrogens (tertiary/aromatic N) is 1. The molecule has 0 bridgehead atoms. The van der Waals surface area contributed by atoms with Gasteiger partial charge in [0.2, 0.25) is 5.91 Å². The summed E-state index contributed by atoms with van der Waals surface area (Å²) < 4.78 is 0.966. The molecule has 5 heteroatoms. The van der Waals surface area contributed by atoms with Crippen LogP contribution in [0.15, 0.2) is 16.7 Å². The van der Waals surface area contributed by atoms with Crippen molar-refractivity contribution in [2.24, 2.45) is 0 Å². The maximum absolute atomic E-state index is 10.6. The first-order valence-corrected chi connectivity index (χ1v) is 5.50. The van der Waals surface area contributed by atoms with Crippen molar-refractivity contribution in [3.63, 3.8) is 0 Å². The number of amides is 1. The molecule has 0 radical (unpaired) electrons. The lowest BCUT2D eigenvalue weighted by Gasteiger charge is -2.08. The highest BCUT2D eigenvalue weighted by Gasteiger charge is 2.02. The van der Waals surface area contributed by atoms with Crippen molar-refractivity contribution in [1.82, 2.24) is 10.3 Å². The van der Waals surface area contributed by atoms with Gasteiger partial charge in [-0.3, -0.25) is 4.79 Å². The van der Waals surface area contributed by atoms with E-state index in [2.05, 4.69) is 31.5 Å². The van der Waals surface area contributed by atoms with Crippen LogP contribution in [0.25, 0.3) is 0 Å².